The summed E-state index contributed by atoms with van der Waals surface area (Å²) in [6.45, 7) is 0. The Balaban J connectivity index is 1.21. The van der Waals surface area contributed by atoms with Crippen LogP contribution in [-0.2, 0) is 9.59 Å². The molecular weight excluding hydrogens is 447 g/mol. The van der Waals surface area contributed by atoms with Crippen LogP contribution in [0.4, 0.5) is 10.1 Å². The van der Waals surface area contributed by atoms with Crippen LogP contribution < -0.4 is 4.90 Å². The van der Waals surface area contributed by atoms with Crippen molar-refractivity contribution in [3.63, 3.8) is 0 Å². The molecule has 2 amide bonds. The zero-order valence-corrected chi connectivity index (χ0v) is 18.4. The molecule has 8 heteroatoms. The van der Waals surface area contributed by atoms with Crippen LogP contribution in [0.25, 0.3) is 10.2 Å². The minimum absolute atomic E-state index is 0.0970. The average molecular weight is 465 g/mol. The second kappa shape index (κ2) is 7.35. The topological polar surface area (TPSA) is 67.3 Å². The molecule has 2 aliphatic carbocycles. The van der Waals surface area contributed by atoms with E-state index in [-0.39, 0.29) is 52.8 Å². The molecule has 2 fully saturated rings. The molecule has 1 aliphatic heterocycles. The maximum Gasteiger partial charge on any atom is 0.238 e. The number of halogens is 1. The van der Waals surface area contributed by atoms with Gasteiger partial charge in [-0.3, -0.25) is 14.4 Å². The molecule has 0 spiro atoms. The monoisotopic (exact) mass is 464 g/mol. The highest BCUT2D eigenvalue weighted by atomic mass is 32.2. The first kappa shape index (κ1) is 19.8. The molecule has 1 aromatic heterocycles. The van der Waals surface area contributed by atoms with Gasteiger partial charge in [0.15, 0.2) is 10.1 Å². The number of fused-ring (bicyclic) bond motifs is 6. The predicted octanol–water partition coefficient (Wildman–Crippen LogP) is 4.72. The Morgan fingerprint density at radius 3 is 2.44 bits per heavy atom. The number of Topliss-reactive ketones (excluding diaryl/α,β-unsaturated/α-hetero) is 1. The summed E-state index contributed by atoms with van der Waals surface area (Å²) in [5, 5.41) is 0. The lowest BCUT2D eigenvalue weighted by atomic mass is 9.85. The van der Waals surface area contributed by atoms with Crippen LogP contribution in [0.1, 0.15) is 16.8 Å². The molecule has 2 aromatic carbocycles. The third-order valence-electron chi connectivity index (χ3n) is 6.57. The number of thioether (sulfide) groups is 1. The molecule has 32 heavy (non-hydrogen) atoms. The molecule has 0 unspecified atom stereocenters. The number of carbonyl (C=O) groups excluding carboxylic acids is 3. The summed E-state index contributed by atoms with van der Waals surface area (Å²) < 4.78 is 14.6. The largest absolute Gasteiger partial charge is 0.293 e. The lowest BCUT2D eigenvalue weighted by Crippen LogP contribution is -2.32. The van der Waals surface area contributed by atoms with E-state index in [0.29, 0.717) is 11.3 Å². The number of anilines is 1. The minimum Gasteiger partial charge on any atom is -0.293 e. The van der Waals surface area contributed by atoms with E-state index in [4.69, 9.17) is 0 Å². The van der Waals surface area contributed by atoms with Crippen LogP contribution in [0, 0.1) is 29.5 Å². The summed E-state index contributed by atoms with van der Waals surface area (Å²) in [6, 6.07) is 10.9. The number of nitrogens with zero attached hydrogens (tertiary/aromatic N) is 2. The van der Waals surface area contributed by atoms with Gasteiger partial charge in [0.2, 0.25) is 11.8 Å². The van der Waals surface area contributed by atoms with Gasteiger partial charge in [0.05, 0.1) is 33.5 Å². The van der Waals surface area contributed by atoms with Crippen LogP contribution in [0.5, 0.6) is 0 Å². The minimum atomic E-state index is -0.376. The summed E-state index contributed by atoms with van der Waals surface area (Å²) in [5.41, 5.74) is 1.81. The Kier molecular flexibility index (Phi) is 4.55. The van der Waals surface area contributed by atoms with Gasteiger partial charge in [-0.2, -0.15) is 0 Å². The number of amides is 2. The highest BCUT2D eigenvalue weighted by molar-refractivity contribution is 8.01. The molecule has 2 heterocycles. The molecule has 0 N–H and O–H groups in total. The van der Waals surface area contributed by atoms with E-state index in [1.165, 1.54) is 52.3 Å². The van der Waals surface area contributed by atoms with Gasteiger partial charge in [-0.15, -0.1) is 11.3 Å². The maximum atomic E-state index is 13.1. The summed E-state index contributed by atoms with van der Waals surface area (Å²) in [5.74, 6) is -0.561. The van der Waals surface area contributed by atoms with Gasteiger partial charge < -0.3 is 0 Å². The van der Waals surface area contributed by atoms with E-state index in [9.17, 15) is 18.8 Å². The fourth-order valence-corrected chi connectivity index (χ4v) is 7.09. The SMILES string of the molecule is O=C(CSc1nc2ccc(N3C(=O)[C@@H]4[C@H](C3=O)[C@H]3C=C[C@H]4C3)cc2s1)c1ccc(F)cc1. The van der Waals surface area contributed by atoms with Crippen molar-refractivity contribution in [2.24, 2.45) is 23.7 Å². The summed E-state index contributed by atoms with van der Waals surface area (Å²) >= 11 is 2.75. The first-order chi connectivity index (χ1) is 15.5. The molecule has 6 rings (SSSR count). The molecule has 0 radical (unpaired) electrons. The number of ketones is 1. The summed E-state index contributed by atoms with van der Waals surface area (Å²) in [6.07, 6.45) is 5.08. The van der Waals surface area contributed by atoms with Gasteiger partial charge in [-0.25, -0.2) is 14.3 Å². The van der Waals surface area contributed by atoms with Crippen molar-refractivity contribution < 1.29 is 18.8 Å². The number of thiazole rings is 1. The van der Waals surface area contributed by atoms with E-state index in [2.05, 4.69) is 17.1 Å². The average Bonchev–Trinajstić information content (AvgIpc) is 3.55. The Bertz CT molecular complexity index is 1290. The molecule has 1 saturated carbocycles. The molecular formula is C24H17FN2O3S2. The second-order valence-electron chi connectivity index (χ2n) is 8.36. The number of carbonyl (C=O) groups is 3. The van der Waals surface area contributed by atoms with Crippen LogP contribution in [-0.4, -0.2) is 28.3 Å². The van der Waals surface area contributed by atoms with Crippen molar-refractivity contribution in [1.82, 2.24) is 4.98 Å². The van der Waals surface area contributed by atoms with E-state index < -0.39 is 0 Å². The van der Waals surface area contributed by atoms with Crippen molar-refractivity contribution in [1.29, 1.82) is 0 Å². The lowest BCUT2D eigenvalue weighted by molar-refractivity contribution is -0.123. The number of rotatable bonds is 5. The Labute approximate surface area is 191 Å². The summed E-state index contributed by atoms with van der Waals surface area (Å²) in [7, 11) is 0. The van der Waals surface area contributed by atoms with Crippen LogP contribution in [0.15, 0.2) is 59.0 Å². The van der Waals surface area contributed by atoms with Crippen molar-refractivity contribution >= 4 is 56.6 Å². The number of imide groups is 1. The standard InChI is InChI=1S/C24H17FN2O3S2/c25-15-5-3-12(4-6-15)18(28)11-31-24-26-17-8-7-16(10-19(17)32-24)27-22(29)20-13-1-2-14(9-13)21(20)23(27)30/h1-8,10,13-14,20-21H,9,11H2/t13-,14-,20-,21+/m0/s1. The van der Waals surface area contributed by atoms with Gasteiger partial charge in [-0.1, -0.05) is 23.9 Å². The smallest absolute Gasteiger partial charge is 0.238 e. The molecule has 2 bridgehead atoms. The fraction of sp³-hybridized carbons (Fsp3) is 0.250. The second-order valence-corrected chi connectivity index (χ2v) is 10.6. The molecule has 5 nitrogen and oxygen atoms in total. The zero-order valence-electron chi connectivity index (χ0n) is 16.7. The lowest BCUT2D eigenvalue weighted by Gasteiger charge is -2.17. The molecule has 160 valence electrons. The van der Waals surface area contributed by atoms with Crippen molar-refractivity contribution in [2.75, 3.05) is 10.7 Å². The molecule has 4 atom stereocenters. The first-order valence-electron chi connectivity index (χ1n) is 10.4. The number of aromatic nitrogens is 1. The highest BCUT2D eigenvalue weighted by Crippen LogP contribution is 2.53. The van der Waals surface area contributed by atoms with Crippen LogP contribution >= 0.6 is 23.1 Å². The third kappa shape index (κ3) is 3.04. The number of allylic oxidation sites excluding steroid dienone is 2. The van der Waals surface area contributed by atoms with E-state index >= 15 is 0 Å². The Morgan fingerprint density at radius 2 is 1.75 bits per heavy atom. The quantitative estimate of drug-likeness (QED) is 0.237. The van der Waals surface area contributed by atoms with E-state index in [1.807, 2.05) is 12.1 Å². The molecule has 3 aromatic rings. The Hall–Kier alpha value is -2.84. The number of benzene rings is 2. The van der Waals surface area contributed by atoms with Crippen LogP contribution in [0.2, 0.25) is 0 Å². The van der Waals surface area contributed by atoms with Crippen molar-refractivity contribution in [3.05, 3.63) is 66.0 Å². The molecule has 1 saturated heterocycles. The van der Waals surface area contributed by atoms with Crippen LogP contribution in [0.3, 0.4) is 0 Å². The van der Waals surface area contributed by atoms with E-state index in [1.54, 1.807) is 6.07 Å². The van der Waals surface area contributed by atoms with Gasteiger partial charge >= 0.3 is 0 Å². The maximum absolute atomic E-state index is 13.1. The normalized spacial score (nSPS) is 25.8. The van der Waals surface area contributed by atoms with Gasteiger partial charge in [0, 0.05) is 5.56 Å². The Morgan fingerprint density at radius 1 is 1.06 bits per heavy atom. The summed E-state index contributed by atoms with van der Waals surface area (Å²) in [4.78, 5) is 44.4. The number of hydrogen-bond donors (Lipinski definition) is 0. The van der Waals surface area contributed by atoms with Gasteiger partial charge in [-0.05, 0) is 60.7 Å². The highest BCUT2D eigenvalue weighted by Gasteiger charge is 2.59. The van der Waals surface area contributed by atoms with Gasteiger partial charge in [0.25, 0.3) is 0 Å². The fourth-order valence-electron chi connectivity index (χ4n) is 5.10. The zero-order chi connectivity index (χ0) is 22.0. The third-order valence-corrected chi connectivity index (χ3v) is 8.74. The van der Waals surface area contributed by atoms with Crippen molar-refractivity contribution in [2.45, 2.75) is 10.8 Å². The molecule has 3 aliphatic rings. The van der Waals surface area contributed by atoms with Crippen molar-refractivity contribution in [3.8, 4) is 0 Å². The van der Waals surface area contributed by atoms with Gasteiger partial charge in [0.1, 0.15) is 5.82 Å². The first-order valence-corrected chi connectivity index (χ1v) is 12.2. The van der Waals surface area contributed by atoms with E-state index in [0.717, 1.165) is 21.0 Å². The number of hydrogen-bond acceptors (Lipinski definition) is 6. The predicted molar refractivity (Wildman–Crippen MR) is 121 cm³/mol.